The zero-order valence-electron chi connectivity index (χ0n) is 16.4. The molecule has 0 unspecified atom stereocenters. The summed E-state index contributed by atoms with van der Waals surface area (Å²) >= 11 is 0. The summed E-state index contributed by atoms with van der Waals surface area (Å²) in [4.78, 5) is 8.32. The third kappa shape index (κ3) is 6.70. The van der Waals surface area contributed by atoms with E-state index < -0.39 is 0 Å². The van der Waals surface area contributed by atoms with Gasteiger partial charge < -0.3 is 10.6 Å². The van der Waals surface area contributed by atoms with Gasteiger partial charge in [0.05, 0.1) is 6.54 Å². The Bertz CT molecular complexity index is 688. The predicted octanol–water partition coefficient (Wildman–Crippen LogP) is 3.35. The molecule has 1 aromatic heterocycles. The van der Waals surface area contributed by atoms with Gasteiger partial charge in [-0.25, -0.2) is 9.67 Å². The summed E-state index contributed by atoms with van der Waals surface area (Å²) in [5.41, 5.74) is 2.45. The van der Waals surface area contributed by atoms with Crippen LogP contribution in [0.25, 0.3) is 0 Å². The third-order valence-electron chi connectivity index (χ3n) is 5.29. The number of nitrogens with one attached hydrogen (secondary N) is 2. The van der Waals surface area contributed by atoms with E-state index in [1.165, 1.54) is 56.1 Å². The molecule has 27 heavy (non-hydrogen) atoms. The SMILES string of the molecule is CN=C(NCCCCC1CCCC1)NCc1cccc(Cn2cncn2)c1. The van der Waals surface area contributed by atoms with Gasteiger partial charge in [0.15, 0.2) is 5.96 Å². The monoisotopic (exact) mass is 368 g/mol. The van der Waals surface area contributed by atoms with E-state index in [0.717, 1.165) is 31.5 Å². The number of benzene rings is 1. The van der Waals surface area contributed by atoms with Crippen LogP contribution < -0.4 is 10.6 Å². The average molecular weight is 369 g/mol. The van der Waals surface area contributed by atoms with Crippen LogP contribution in [0.5, 0.6) is 0 Å². The van der Waals surface area contributed by atoms with Crippen LogP contribution in [0.2, 0.25) is 0 Å². The second-order valence-electron chi connectivity index (χ2n) is 7.41. The molecule has 1 heterocycles. The van der Waals surface area contributed by atoms with Gasteiger partial charge in [-0.15, -0.1) is 0 Å². The lowest BCUT2D eigenvalue weighted by molar-refractivity contribution is 0.472. The third-order valence-corrected chi connectivity index (χ3v) is 5.29. The molecule has 2 aromatic rings. The largest absolute Gasteiger partial charge is 0.356 e. The van der Waals surface area contributed by atoms with Gasteiger partial charge in [0.2, 0.25) is 0 Å². The van der Waals surface area contributed by atoms with Gasteiger partial charge in [-0.2, -0.15) is 5.10 Å². The van der Waals surface area contributed by atoms with Gasteiger partial charge in [-0.05, 0) is 23.5 Å². The molecule has 0 bridgehead atoms. The minimum atomic E-state index is 0.738. The lowest BCUT2D eigenvalue weighted by Crippen LogP contribution is -2.37. The molecule has 3 rings (SSSR count). The molecule has 0 saturated heterocycles. The molecule has 1 fully saturated rings. The quantitative estimate of drug-likeness (QED) is 0.405. The molecular formula is C21H32N6. The highest BCUT2D eigenvalue weighted by Crippen LogP contribution is 2.28. The molecule has 0 amide bonds. The van der Waals surface area contributed by atoms with Gasteiger partial charge in [0.1, 0.15) is 12.7 Å². The van der Waals surface area contributed by atoms with Crippen LogP contribution in [0.3, 0.4) is 0 Å². The summed E-state index contributed by atoms with van der Waals surface area (Å²) in [6.07, 6.45) is 13.0. The molecule has 0 radical (unpaired) electrons. The first-order valence-electron chi connectivity index (χ1n) is 10.2. The van der Waals surface area contributed by atoms with Crippen LogP contribution in [0, 0.1) is 5.92 Å². The molecular weight excluding hydrogens is 336 g/mol. The maximum atomic E-state index is 4.33. The Kier molecular flexibility index (Phi) is 7.69. The van der Waals surface area contributed by atoms with Gasteiger partial charge in [0, 0.05) is 20.1 Å². The summed E-state index contributed by atoms with van der Waals surface area (Å²) in [6, 6.07) is 8.53. The van der Waals surface area contributed by atoms with E-state index in [1.807, 2.05) is 11.7 Å². The van der Waals surface area contributed by atoms with E-state index in [2.05, 4.69) is 50.0 Å². The van der Waals surface area contributed by atoms with Crippen molar-refractivity contribution < 1.29 is 0 Å². The predicted molar refractivity (Wildman–Crippen MR) is 110 cm³/mol. The molecule has 1 aliphatic carbocycles. The Balaban J connectivity index is 1.36. The van der Waals surface area contributed by atoms with Crippen molar-refractivity contribution >= 4 is 5.96 Å². The first-order valence-corrected chi connectivity index (χ1v) is 10.2. The van der Waals surface area contributed by atoms with E-state index in [-0.39, 0.29) is 0 Å². The van der Waals surface area contributed by atoms with Crippen LogP contribution in [0.1, 0.15) is 56.1 Å². The summed E-state index contributed by atoms with van der Waals surface area (Å²) < 4.78 is 1.83. The molecule has 146 valence electrons. The maximum Gasteiger partial charge on any atom is 0.191 e. The van der Waals surface area contributed by atoms with Crippen molar-refractivity contribution in [3.8, 4) is 0 Å². The number of rotatable bonds is 9. The summed E-state index contributed by atoms with van der Waals surface area (Å²) in [7, 11) is 1.83. The average Bonchev–Trinajstić information content (AvgIpc) is 3.38. The highest BCUT2D eigenvalue weighted by Gasteiger charge is 2.13. The van der Waals surface area contributed by atoms with E-state index in [4.69, 9.17) is 0 Å². The Morgan fingerprint density at radius 2 is 2.04 bits per heavy atom. The van der Waals surface area contributed by atoms with E-state index in [9.17, 15) is 0 Å². The Morgan fingerprint density at radius 3 is 2.81 bits per heavy atom. The number of hydrogen-bond donors (Lipinski definition) is 2. The van der Waals surface area contributed by atoms with E-state index in [0.29, 0.717) is 0 Å². The fourth-order valence-electron chi connectivity index (χ4n) is 3.81. The zero-order valence-corrected chi connectivity index (χ0v) is 16.4. The second-order valence-corrected chi connectivity index (χ2v) is 7.41. The highest BCUT2D eigenvalue weighted by atomic mass is 15.3. The van der Waals surface area contributed by atoms with Crippen molar-refractivity contribution in [3.63, 3.8) is 0 Å². The van der Waals surface area contributed by atoms with Crippen LogP contribution in [-0.2, 0) is 13.1 Å². The standard InChI is InChI=1S/C21H32N6/c1-22-21(24-12-5-4-9-18-7-2-3-8-18)25-14-19-10-6-11-20(13-19)15-27-17-23-16-26-27/h6,10-11,13,16-18H,2-5,7-9,12,14-15H2,1H3,(H2,22,24,25). The van der Waals surface area contributed by atoms with Crippen LogP contribution >= 0.6 is 0 Å². The van der Waals surface area contributed by atoms with E-state index in [1.54, 1.807) is 12.7 Å². The van der Waals surface area contributed by atoms with Crippen molar-refractivity contribution in [2.45, 2.75) is 58.0 Å². The number of nitrogens with zero attached hydrogens (tertiary/aromatic N) is 4. The molecule has 1 aromatic carbocycles. The first kappa shape index (κ1) is 19.4. The minimum absolute atomic E-state index is 0.738. The zero-order chi connectivity index (χ0) is 18.7. The molecule has 1 aliphatic rings. The summed E-state index contributed by atoms with van der Waals surface area (Å²) in [5.74, 6) is 1.87. The van der Waals surface area contributed by atoms with Crippen molar-refractivity contribution in [3.05, 3.63) is 48.0 Å². The van der Waals surface area contributed by atoms with Crippen molar-refractivity contribution in [1.29, 1.82) is 0 Å². The van der Waals surface area contributed by atoms with Crippen LogP contribution in [-0.4, -0.2) is 34.3 Å². The Labute approximate surface area is 162 Å². The number of aliphatic imine (C=N–C) groups is 1. The number of guanidine groups is 1. The number of hydrogen-bond acceptors (Lipinski definition) is 3. The fourth-order valence-corrected chi connectivity index (χ4v) is 3.81. The lowest BCUT2D eigenvalue weighted by atomic mass is 10.0. The summed E-state index contributed by atoms with van der Waals surface area (Å²) in [5, 5.41) is 11.0. The number of unbranched alkanes of at least 4 members (excludes halogenated alkanes) is 1. The lowest BCUT2D eigenvalue weighted by Gasteiger charge is -2.13. The smallest absolute Gasteiger partial charge is 0.191 e. The topological polar surface area (TPSA) is 67.1 Å². The molecule has 6 heteroatoms. The molecule has 2 N–H and O–H groups in total. The van der Waals surface area contributed by atoms with Crippen molar-refractivity contribution in [1.82, 2.24) is 25.4 Å². The van der Waals surface area contributed by atoms with Crippen molar-refractivity contribution in [2.24, 2.45) is 10.9 Å². The maximum absolute atomic E-state index is 4.33. The highest BCUT2D eigenvalue weighted by molar-refractivity contribution is 5.79. The Morgan fingerprint density at radius 1 is 1.19 bits per heavy atom. The Hall–Kier alpha value is -2.37. The first-order chi connectivity index (χ1) is 13.3. The number of aromatic nitrogens is 3. The molecule has 1 saturated carbocycles. The minimum Gasteiger partial charge on any atom is -0.356 e. The molecule has 0 atom stereocenters. The van der Waals surface area contributed by atoms with Crippen LogP contribution in [0.15, 0.2) is 41.9 Å². The van der Waals surface area contributed by atoms with Gasteiger partial charge in [-0.3, -0.25) is 4.99 Å². The van der Waals surface area contributed by atoms with E-state index >= 15 is 0 Å². The normalized spacial score (nSPS) is 15.2. The van der Waals surface area contributed by atoms with Gasteiger partial charge >= 0.3 is 0 Å². The van der Waals surface area contributed by atoms with Gasteiger partial charge in [0.25, 0.3) is 0 Å². The van der Waals surface area contributed by atoms with Crippen LogP contribution in [0.4, 0.5) is 0 Å². The molecule has 0 spiro atoms. The van der Waals surface area contributed by atoms with Gasteiger partial charge in [-0.1, -0.05) is 62.8 Å². The summed E-state index contributed by atoms with van der Waals surface area (Å²) in [6.45, 7) is 2.48. The second kappa shape index (κ2) is 10.7. The van der Waals surface area contributed by atoms with Crippen molar-refractivity contribution in [2.75, 3.05) is 13.6 Å². The fraction of sp³-hybridized carbons (Fsp3) is 0.571. The molecule has 6 nitrogen and oxygen atoms in total. The molecule has 0 aliphatic heterocycles.